The van der Waals surface area contributed by atoms with E-state index in [9.17, 15) is 4.79 Å². The molecule has 28 heavy (non-hydrogen) atoms. The van der Waals surface area contributed by atoms with E-state index in [0.29, 0.717) is 25.5 Å². The Morgan fingerprint density at radius 1 is 1.11 bits per heavy atom. The van der Waals surface area contributed by atoms with Gasteiger partial charge in [0.15, 0.2) is 0 Å². The van der Waals surface area contributed by atoms with Gasteiger partial charge in [-0.15, -0.1) is 11.3 Å². The highest BCUT2D eigenvalue weighted by atomic mass is 32.1. The molecule has 1 amide bonds. The van der Waals surface area contributed by atoms with Crippen LogP contribution in [-0.4, -0.2) is 40.3 Å². The maximum absolute atomic E-state index is 12.6. The molecule has 4 rings (SSSR count). The zero-order chi connectivity index (χ0) is 19.7. The molecule has 2 aromatic heterocycles. The lowest BCUT2D eigenvalue weighted by Crippen LogP contribution is -2.49. The number of nitrogens with zero attached hydrogens (tertiary/aromatic N) is 3. The molecule has 0 spiro atoms. The summed E-state index contributed by atoms with van der Waals surface area (Å²) in [5.74, 6) is 1.67. The van der Waals surface area contributed by atoms with Crippen LogP contribution in [0.4, 0.5) is 0 Å². The van der Waals surface area contributed by atoms with E-state index in [1.54, 1.807) is 11.3 Å². The molecule has 1 aliphatic rings. The van der Waals surface area contributed by atoms with Crippen molar-refractivity contribution in [2.75, 3.05) is 19.6 Å². The van der Waals surface area contributed by atoms with Gasteiger partial charge in [-0.05, 0) is 38.5 Å². The SMILES string of the molecule is Cc1cccc(CN2CCN(Cc3nc(-c4ccc(C)s4)oc3C)CC2=O)c1. The van der Waals surface area contributed by atoms with Crippen LogP contribution in [0.1, 0.15) is 27.5 Å². The van der Waals surface area contributed by atoms with Crippen LogP contribution < -0.4 is 0 Å². The summed E-state index contributed by atoms with van der Waals surface area (Å²) in [6.45, 7) is 9.43. The highest BCUT2D eigenvalue weighted by Gasteiger charge is 2.25. The summed E-state index contributed by atoms with van der Waals surface area (Å²) in [4.78, 5) is 23.7. The van der Waals surface area contributed by atoms with Crippen molar-refractivity contribution in [3.05, 3.63) is 63.9 Å². The molecular formula is C22H25N3O2S. The van der Waals surface area contributed by atoms with Gasteiger partial charge in [0.1, 0.15) is 5.76 Å². The predicted molar refractivity (Wildman–Crippen MR) is 111 cm³/mol. The number of benzene rings is 1. The number of amides is 1. The van der Waals surface area contributed by atoms with Crippen molar-refractivity contribution in [1.29, 1.82) is 0 Å². The molecule has 6 heteroatoms. The summed E-state index contributed by atoms with van der Waals surface area (Å²) < 4.78 is 5.87. The van der Waals surface area contributed by atoms with Crippen molar-refractivity contribution in [2.24, 2.45) is 0 Å². The Bertz CT molecular complexity index is 991. The Morgan fingerprint density at radius 3 is 2.68 bits per heavy atom. The van der Waals surface area contributed by atoms with Gasteiger partial charge in [0.25, 0.3) is 0 Å². The standard InChI is InChI=1S/C22H25N3O2S/c1-15-5-4-6-18(11-15)12-25-10-9-24(14-21(25)26)13-19-17(3)27-22(23-19)20-8-7-16(2)28-20/h4-8,11H,9-10,12-14H2,1-3H3. The highest BCUT2D eigenvalue weighted by molar-refractivity contribution is 7.15. The molecule has 5 nitrogen and oxygen atoms in total. The van der Waals surface area contributed by atoms with Crippen LogP contribution in [0.3, 0.4) is 0 Å². The molecule has 1 aliphatic heterocycles. The number of aromatic nitrogens is 1. The lowest BCUT2D eigenvalue weighted by Gasteiger charge is -2.34. The molecule has 1 saturated heterocycles. The van der Waals surface area contributed by atoms with E-state index in [4.69, 9.17) is 4.42 Å². The summed E-state index contributed by atoms with van der Waals surface area (Å²) in [5, 5.41) is 0. The number of piperazine rings is 1. The quantitative estimate of drug-likeness (QED) is 0.650. The molecule has 0 radical (unpaired) electrons. The Kier molecular flexibility index (Phi) is 5.33. The van der Waals surface area contributed by atoms with Gasteiger partial charge in [0.05, 0.1) is 17.1 Å². The number of hydrogen-bond acceptors (Lipinski definition) is 5. The van der Waals surface area contributed by atoms with Crippen LogP contribution in [0, 0.1) is 20.8 Å². The number of carbonyl (C=O) groups is 1. The smallest absolute Gasteiger partial charge is 0.237 e. The second-order valence-electron chi connectivity index (χ2n) is 7.45. The number of rotatable bonds is 5. The number of aryl methyl sites for hydroxylation is 3. The van der Waals surface area contributed by atoms with Gasteiger partial charge in [-0.1, -0.05) is 29.8 Å². The van der Waals surface area contributed by atoms with Gasteiger partial charge in [-0.3, -0.25) is 9.69 Å². The maximum atomic E-state index is 12.6. The first-order valence-electron chi connectivity index (χ1n) is 9.57. The van der Waals surface area contributed by atoms with E-state index < -0.39 is 0 Å². The molecule has 3 heterocycles. The highest BCUT2D eigenvalue weighted by Crippen LogP contribution is 2.29. The minimum absolute atomic E-state index is 0.169. The zero-order valence-electron chi connectivity index (χ0n) is 16.6. The molecule has 0 saturated carbocycles. The number of oxazole rings is 1. The molecule has 0 atom stereocenters. The van der Waals surface area contributed by atoms with Gasteiger partial charge in [-0.25, -0.2) is 4.98 Å². The summed E-state index contributed by atoms with van der Waals surface area (Å²) in [7, 11) is 0. The van der Waals surface area contributed by atoms with Gasteiger partial charge in [0, 0.05) is 31.1 Å². The first-order valence-corrected chi connectivity index (χ1v) is 10.4. The molecule has 1 fully saturated rings. The largest absolute Gasteiger partial charge is 0.440 e. The topological polar surface area (TPSA) is 49.6 Å². The average molecular weight is 396 g/mol. The third-order valence-corrected chi connectivity index (χ3v) is 6.06. The maximum Gasteiger partial charge on any atom is 0.237 e. The molecular weight excluding hydrogens is 370 g/mol. The number of thiophene rings is 1. The number of carbonyl (C=O) groups excluding carboxylic acids is 1. The van der Waals surface area contributed by atoms with Gasteiger partial charge < -0.3 is 9.32 Å². The molecule has 1 aromatic carbocycles. The third kappa shape index (κ3) is 4.18. The first kappa shape index (κ1) is 18.9. The molecule has 0 aliphatic carbocycles. The fourth-order valence-corrected chi connectivity index (χ4v) is 4.33. The minimum Gasteiger partial charge on any atom is -0.440 e. The molecule has 146 valence electrons. The van der Waals surface area contributed by atoms with E-state index in [2.05, 4.69) is 48.0 Å². The molecule has 3 aromatic rings. The van der Waals surface area contributed by atoms with Crippen LogP contribution in [-0.2, 0) is 17.9 Å². The van der Waals surface area contributed by atoms with E-state index in [-0.39, 0.29) is 5.91 Å². The van der Waals surface area contributed by atoms with Gasteiger partial charge in [0.2, 0.25) is 11.8 Å². The van der Waals surface area contributed by atoms with Crippen LogP contribution in [0.2, 0.25) is 0 Å². The van der Waals surface area contributed by atoms with Crippen LogP contribution in [0.15, 0.2) is 40.8 Å². The van der Waals surface area contributed by atoms with Crippen molar-refractivity contribution in [3.8, 4) is 10.8 Å². The third-order valence-electron chi connectivity index (χ3n) is 5.07. The Labute approximate surface area is 169 Å². The van der Waals surface area contributed by atoms with Crippen molar-refractivity contribution >= 4 is 17.2 Å². The van der Waals surface area contributed by atoms with Gasteiger partial charge in [-0.2, -0.15) is 0 Å². The van der Waals surface area contributed by atoms with Gasteiger partial charge >= 0.3 is 0 Å². The summed E-state index contributed by atoms with van der Waals surface area (Å²) in [6, 6.07) is 12.5. The summed E-state index contributed by atoms with van der Waals surface area (Å²) in [5.41, 5.74) is 3.33. The lowest BCUT2D eigenvalue weighted by atomic mass is 10.1. The van der Waals surface area contributed by atoms with Crippen molar-refractivity contribution in [1.82, 2.24) is 14.8 Å². The van der Waals surface area contributed by atoms with Crippen LogP contribution >= 0.6 is 11.3 Å². The van der Waals surface area contributed by atoms with E-state index >= 15 is 0 Å². The summed E-state index contributed by atoms with van der Waals surface area (Å²) >= 11 is 1.68. The molecule has 0 N–H and O–H groups in total. The van der Waals surface area contributed by atoms with Crippen molar-refractivity contribution in [2.45, 2.75) is 33.9 Å². The van der Waals surface area contributed by atoms with E-state index in [0.717, 1.165) is 29.4 Å². The first-order chi connectivity index (χ1) is 13.5. The normalized spacial score (nSPS) is 15.4. The fraction of sp³-hybridized carbons (Fsp3) is 0.364. The zero-order valence-corrected chi connectivity index (χ0v) is 17.4. The lowest BCUT2D eigenvalue weighted by molar-refractivity contribution is -0.136. The predicted octanol–water partition coefficient (Wildman–Crippen LogP) is 4.17. The number of hydrogen-bond donors (Lipinski definition) is 0. The van der Waals surface area contributed by atoms with Crippen molar-refractivity contribution < 1.29 is 9.21 Å². The monoisotopic (exact) mass is 395 g/mol. The average Bonchev–Trinajstić information content (AvgIpc) is 3.24. The Morgan fingerprint density at radius 2 is 1.96 bits per heavy atom. The molecule has 0 unspecified atom stereocenters. The van der Waals surface area contributed by atoms with Crippen LogP contribution in [0.5, 0.6) is 0 Å². The van der Waals surface area contributed by atoms with Crippen molar-refractivity contribution in [3.63, 3.8) is 0 Å². The summed E-state index contributed by atoms with van der Waals surface area (Å²) in [6.07, 6.45) is 0. The second kappa shape index (κ2) is 7.89. The minimum atomic E-state index is 0.169. The Hall–Kier alpha value is -2.44. The van der Waals surface area contributed by atoms with E-state index in [1.165, 1.54) is 16.0 Å². The van der Waals surface area contributed by atoms with Crippen LogP contribution in [0.25, 0.3) is 10.8 Å². The fourth-order valence-electron chi connectivity index (χ4n) is 3.53. The van der Waals surface area contributed by atoms with E-state index in [1.807, 2.05) is 24.0 Å². The Balaban J connectivity index is 1.38. The molecule has 0 bridgehead atoms. The second-order valence-corrected chi connectivity index (χ2v) is 8.74.